The van der Waals surface area contributed by atoms with Crippen molar-refractivity contribution in [3.05, 3.63) is 59.2 Å². The van der Waals surface area contributed by atoms with E-state index < -0.39 is 17.7 Å². The van der Waals surface area contributed by atoms with Gasteiger partial charge >= 0.3 is 0 Å². The minimum absolute atomic E-state index is 0.00928. The molecule has 0 spiro atoms. The Morgan fingerprint density at radius 2 is 1.84 bits per heavy atom. The number of ketones is 1. The van der Waals surface area contributed by atoms with Gasteiger partial charge in [0.05, 0.1) is 11.6 Å². The number of rotatable bonds is 5. The van der Waals surface area contributed by atoms with E-state index in [1.165, 1.54) is 17.0 Å². The smallest absolute Gasteiger partial charge is 0.295 e. The third-order valence-corrected chi connectivity index (χ3v) is 5.33. The number of fused-ring (bicyclic) bond motifs is 1. The quantitative estimate of drug-likeness (QED) is 0.431. The molecule has 0 aliphatic carbocycles. The Morgan fingerprint density at radius 3 is 2.55 bits per heavy atom. The summed E-state index contributed by atoms with van der Waals surface area (Å²) in [5.41, 5.74) is 0.864. The van der Waals surface area contributed by atoms with Crippen LogP contribution in [0.25, 0.3) is 5.76 Å². The molecular formula is C23H24N2O6. The monoisotopic (exact) mass is 424 g/mol. The first-order valence-corrected chi connectivity index (χ1v) is 9.99. The molecule has 1 saturated heterocycles. The molecule has 1 atom stereocenters. The fraction of sp³-hybridized carbons (Fsp3) is 0.304. The summed E-state index contributed by atoms with van der Waals surface area (Å²) in [6.45, 7) is 1.64. The number of nitrogens with zero attached hydrogens (tertiary/aromatic N) is 2. The van der Waals surface area contributed by atoms with E-state index in [-0.39, 0.29) is 23.6 Å². The summed E-state index contributed by atoms with van der Waals surface area (Å²) >= 11 is 0. The average Bonchev–Trinajstić information content (AvgIpc) is 3.01. The van der Waals surface area contributed by atoms with Crippen molar-refractivity contribution in [3.63, 3.8) is 0 Å². The molecule has 2 heterocycles. The molecule has 162 valence electrons. The first-order valence-electron chi connectivity index (χ1n) is 9.99. The maximum absolute atomic E-state index is 13.0. The number of hydrogen-bond donors (Lipinski definition) is 2. The first kappa shape index (κ1) is 20.7. The Balaban J connectivity index is 1.83. The maximum atomic E-state index is 13.0. The highest BCUT2D eigenvalue weighted by Crippen LogP contribution is 2.41. The van der Waals surface area contributed by atoms with Gasteiger partial charge in [0, 0.05) is 18.7 Å². The lowest BCUT2D eigenvalue weighted by molar-refractivity contribution is -0.140. The van der Waals surface area contributed by atoms with Crippen molar-refractivity contribution in [2.24, 2.45) is 0 Å². The van der Waals surface area contributed by atoms with Crippen LogP contribution in [0.5, 0.6) is 17.2 Å². The number of carbonyl (C=O) groups is 2. The Bertz CT molecular complexity index is 1060. The van der Waals surface area contributed by atoms with Crippen LogP contribution in [0.15, 0.2) is 48.0 Å². The van der Waals surface area contributed by atoms with Crippen molar-refractivity contribution in [3.8, 4) is 17.2 Å². The zero-order valence-corrected chi connectivity index (χ0v) is 17.4. The van der Waals surface area contributed by atoms with E-state index in [1.807, 2.05) is 19.0 Å². The maximum Gasteiger partial charge on any atom is 0.295 e. The number of aliphatic hydroxyl groups excluding tert-OH is 1. The van der Waals surface area contributed by atoms with E-state index in [0.29, 0.717) is 42.4 Å². The second-order valence-electron chi connectivity index (χ2n) is 7.75. The van der Waals surface area contributed by atoms with Gasteiger partial charge in [0.2, 0.25) is 0 Å². The van der Waals surface area contributed by atoms with Crippen molar-refractivity contribution in [1.29, 1.82) is 0 Å². The molecular weight excluding hydrogens is 400 g/mol. The highest BCUT2D eigenvalue weighted by Gasteiger charge is 2.46. The summed E-state index contributed by atoms with van der Waals surface area (Å²) in [7, 11) is 3.74. The van der Waals surface area contributed by atoms with Gasteiger partial charge < -0.3 is 29.5 Å². The summed E-state index contributed by atoms with van der Waals surface area (Å²) in [4.78, 5) is 29.2. The summed E-state index contributed by atoms with van der Waals surface area (Å²) < 4.78 is 11.1. The van der Waals surface area contributed by atoms with Crippen molar-refractivity contribution < 1.29 is 29.3 Å². The summed E-state index contributed by atoms with van der Waals surface area (Å²) in [5, 5.41) is 21.1. The fourth-order valence-electron chi connectivity index (χ4n) is 3.81. The first-order chi connectivity index (χ1) is 14.9. The van der Waals surface area contributed by atoms with Crippen LogP contribution < -0.4 is 9.47 Å². The Kier molecular flexibility index (Phi) is 5.56. The third kappa shape index (κ3) is 3.94. The number of carbonyl (C=O) groups excluding carboxylic acids is 2. The van der Waals surface area contributed by atoms with Gasteiger partial charge in [-0.15, -0.1) is 0 Å². The molecule has 0 bridgehead atoms. The second kappa shape index (κ2) is 8.31. The summed E-state index contributed by atoms with van der Waals surface area (Å²) in [5.74, 6) is -0.718. The lowest BCUT2D eigenvalue weighted by Gasteiger charge is -2.26. The number of phenols is 1. The van der Waals surface area contributed by atoms with Crippen LogP contribution in [0.1, 0.15) is 17.2 Å². The van der Waals surface area contributed by atoms with Gasteiger partial charge in [0.15, 0.2) is 11.5 Å². The molecule has 31 heavy (non-hydrogen) atoms. The molecule has 1 amide bonds. The number of phenolic OH excluding ortho intramolecular Hbond substituents is 1. The van der Waals surface area contributed by atoms with E-state index in [1.54, 1.807) is 30.3 Å². The number of likely N-dealkylation sites (N-methyl/N-ethyl adjacent to an activating group) is 1. The van der Waals surface area contributed by atoms with Gasteiger partial charge in [0.1, 0.15) is 24.7 Å². The van der Waals surface area contributed by atoms with E-state index in [2.05, 4.69) is 0 Å². The van der Waals surface area contributed by atoms with Crippen molar-refractivity contribution in [1.82, 2.24) is 9.80 Å². The number of hydrogen-bond acceptors (Lipinski definition) is 7. The van der Waals surface area contributed by atoms with Crippen LogP contribution in [0.3, 0.4) is 0 Å². The van der Waals surface area contributed by atoms with E-state index in [4.69, 9.17) is 9.47 Å². The zero-order valence-electron chi connectivity index (χ0n) is 17.4. The molecule has 0 radical (unpaired) electrons. The largest absolute Gasteiger partial charge is 0.508 e. The number of aliphatic hydroxyl groups is 1. The minimum atomic E-state index is -0.819. The number of amides is 1. The normalized spacial score (nSPS) is 19.8. The molecule has 2 aliphatic heterocycles. The molecule has 1 fully saturated rings. The highest BCUT2D eigenvalue weighted by atomic mass is 16.6. The molecule has 1 unspecified atom stereocenters. The van der Waals surface area contributed by atoms with Crippen LogP contribution >= 0.6 is 0 Å². The van der Waals surface area contributed by atoms with Gasteiger partial charge in [-0.1, -0.05) is 12.1 Å². The van der Waals surface area contributed by atoms with Gasteiger partial charge in [-0.2, -0.15) is 0 Å². The fourth-order valence-corrected chi connectivity index (χ4v) is 3.81. The Hall–Kier alpha value is -3.52. The van der Waals surface area contributed by atoms with Crippen molar-refractivity contribution >= 4 is 17.4 Å². The average molecular weight is 424 g/mol. The minimum Gasteiger partial charge on any atom is -0.508 e. The van der Waals surface area contributed by atoms with Gasteiger partial charge in [-0.3, -0.25) is 9.59 Å². The highest BCUT2D eigenvalue weighted by molar-refractivity contribution is 6.46. The van der Waals surface area contributed by atoms with Gasteiger partial charge in [-0.25, -0.2) is 0 Å². The van der Waals surface area contributed by atoms with E-state index in [9.17, 15) is 19.8 Å². The predicted octanol–water partition coefficient (Wildman–Crippen LogP) is 2.15. The lowest BCUT2D eigenvalue weighted by Crippen LogP contribution is -2.35. The molecule has 8 heteroatoms. The van der Waals surface area contributed by atoms with Crippen LogP contribution in [0, 0.1) is 0 Å². The molecule has 8 nitrogen and oxygen atoms in total. The van der Waals surface area contributed by atoms with Gasteiger partial charge in [-0.05, 0) is 50.0 Å². The summed E-state index contributed by atoms with van der Waals surface area (Å²) in [6, 6.07) is 10.4. The number of aromatic hydroxyl groups is 1. The number of benzene rings is 2. The van der Waals surface area contributed by atoms with E-state index >= 15 is 0 Å². The SMILES string of the molecule is CN(C)CCN1C(=O)C(=O)/C(=C(\O)c2ccc3c(c2)OCCO3)C1c1cccc(O)c1. The summed E-state index contributed by atoms with van der Waals surface area (Å²) in [6.07, 6.45) is 0. The van der Waals surface area contributed by atoms with Crippen molar-refractivity contribution in [2.45, 2.75) is 6.04 Å². The van der Waals surface area contributed by atoms with Crippen molar-refractivity contribution in [2.75, 3.05) is 40.4 Å². The molecule has 2 aliphatic rings. The van der Waals surface area contributed by atoms with Crippen LogP contribution in [0.2, 0.25) is 0 Å². The number of Topliss-reactive ketones (excluding diaryl/α,β-unsaturated/α-hetero) is 1. The topological polar surface area (TPSA) is 99.5 Å². The van der Waals surface area contributed by atoms with Gasteiger partial charge in [0.25, 0.3) is 11.7 Å². The number of ether oxygens (including phenoxy) is 2. The van der Waals surface area contributed by atoms with Crippen LogP contribution in [-0.2, 0) is 9.59 Å². The Morgan fingerprint density at radius 1 is 1.10 bits per heavy atom. The Labute approximate surface area is 179 Å². The lowest BCUT2D eigenvalue weighted by atomic mass is 9.95. The molecule has 0 saturated carbocycles. The predicted molar refractivity (Wildman–Crippen MR) is 113 cm³/mol. The second-order valence-corrected chi connectivity index (χ2v) is 7.75. The van der Waals surface area contributed by atoms with Crippen LogP contribution in [-0.4, -0.2) is 72.1 Å². The molecule has 4 rings (SSSR count). The molecule has 2 aromatic rings. The van der Waals surface area contributed by atoms with Crippen LogP contribution in [0.4, 0.5) is 0 Å². The number of likely N-dealkylation sites (tertiary alicyclic amines) is 1. The molecule has 0 aromatic heterocycles. The molecule has 2 N–H and O–H groups in total. The standard InChI is InChI=1S/C23H24N2O6/c1-24(2)8-9-25-20(14-4-3-5-16(26)12-14)19(22(28)23(25)29)21(27)15-6-7-17-18(13-15)31-11-10-30-17/h3-7,12-13,20,26-27H,8-11H2,1-2H3/b21-19-. The molecule has 2 aromatic carbocycles. The van der Waals surface area contributed by atoms with E-state index in [0.717, 1.165) is 0 Å². The zero-order chi connectivity index (χ0) is 22.1. The third-order valence-electron chi connectivity index (χ3n) is 5.33.